The Morgan fingerprint density at radius 3 is 2.61 bits per heavy atom. The molecule has 0 heterocycles. The molecule has 5 nitrogen and oxygen atoms in total. The summed E-state index contributed by atoms with van der Waals surface area (Å²) in [7, 11) is 3.01. The first-order valence-corrected chi connectivity index (χ1v) is 11.2. The van der Waals surface area contributed by atoms with Crippen LogP contribution in [-0.4, -0.2) is 31.6 Å². The molecular weight excluding hydrogens is 412 g/mol. The molecule has 1 saturated carbocycles. The van der Waals surface area contributed by atoms with Gasteiger partial charge in [-0.05, 0) is 55.9 Å². The normalized spacial score (nSPS) is 27.3. The molecule has 6 heteroatoms. The summed E-state index contributed by atoms with van der Waals surface area (Å²) in [5.74, 6) is 1.57. The van der Waals surface area contributed by atoms with Crippen molar-refractivity contribution in [3.63, 3.8) is 0 Å². The van der Waals surface area contributed by atoms with Crippen molar-refractivity contribution in [3.8, 4) is 11.5 Å². The Morgan fingerprint density at radius 2 is 2.00 bits per heavy atom. The number of methoxy groups -OCH3 is 1. The van der Waals surface area contributed by atoms with Gasteiger partial charge in [-0.15, -0.1) is 0 Å². The largest absolute Gasteiger partial charge is 0.507 e. The highest BCUT2D eigenvalue weighted by Gasteiger charge is 2.40. The molecule has 0 unspecified atom stereocenters. The van der Waals surface area contributed by atoms with Crippen molar-refractivity contribution < 1.29 is 14.7 Å². The number of aromatic hydroxyl groups is 1. The summed E-state index contributed by atoms with van der Waals surface area (Å²) in [5, 5.41) is 15.1. The Labute approximate surface area is 191 Å². The van der Waals surface area contributed by atoms with E-state index < -0.39 is 0 Å². The summed E-state index contributed by atoms with van der Waals surface area (Å²) in [6.07, 6.45) is 10.7. The second-order valence-electron chi connectivity index (χ2n) is 8.91. The lowest BCUT2D eigenvalue weighted by atomic mass is 9.60. The molecule has 0 spiro atoms. The highest BCUT2D eigenvalue weighted by molar-refractivity contribution is 6.33. The fourth-order valence-corrected chi connectivity index (χ4v) is 4.70. The van der Waals surface area contributed by atoms with Crippen LogP contribution in [0.2, 0.25) is 5.02 Å². The number of nitrogens with two attached hydrogens (primary N) is 1. The highest BCUT2D eigenvalue weighted by atomic mass is 35.5. The van der Waals surface area contributed by atoms with Crippen LogP contribution in [0.5, 0.6) is 11.5 Å². The van der Waals surface area contributed by atoms with Crippen LogP contribution < -0.4 is 10.5 Å². The van der Waals surface area contributed by atoms with Crippen molar-refractivity contribution in [3.05, 3.63) is 45.5 Å². The average molecular weight is 449 g/mol. The lowest BCUT2D eigenvalue weighted by Gasteiger charge is -2.46. The summed E-state index contributed by atoms with van der Waals surface area (Å²) >= 11 is 6.51. The van der Waals surface area contributed by atoms with Crippen LogP contribution in [0.3, 0.4) is 0 Å². The van der Waals surface area contributed by atoms with Crippen LogP contribution in [0, 0.1) is 24.2 Å². The molecule has 2 rings (SSSR count). The second kappa shape index (κ2) is 10.6. The van der Waals surface area contributed by atoms with Crippen LogP contribution in [-0.2, 0) is 11.3 Å². The molecule has 3 N–H and O–H groups in total. The summed E-state index contributed by atoms with van der Waals surface area (Å²) in [6.45, 7) is 10.7. The van der Waals surface area contributed by atoms with Crippen molar-refractivity contribution in [1.82, 2.24) is 0 Å². The number of nitrogens with zero attached hydrogens (tertiary/aromatic N) is 1. The van der Waals surface area contributed by atoms with Crippen molar-refractivity contribution >= 4 is 17.8 Å². The first-order valence-electron chi connectivity index (χ1n) is 10.8. The lowest BCUT2D eigenvalue weighted by Crippen LogP contribution is -2.46. The molecule has 0 aromatic heterocycles. The van der Waals surface area contributed by atoms with Crippen molar-refractivity contribution in [2.75, 3.05) is 14.2 Å². The molecule has 0 bridgehead atoms. The number of ether oxygens (including phenoxy) is 1. The summed E-state index contributed by atoms with van der Waals surface area (Å²) in [6, 6.07) is 0.234. The van der Waals surface area contributed by atoms with Gasteiger partial charge in [0.25, 0.3) is 0 Å². The molecule has 1 aromatic carbocycles. The minimum Gasteiger partial charge on any atom is -0.507 e. The monoisotopic (exact) mass is 448 g/mol. The Bertz CT molecular complexity index is 878. The van der Waals surface area contributed by atoms with E-state index in [2.05, 4.69) is 51.1 Å². The van der Waals surface area contributed by atoms with Crippen molar-refractivity contribution in [2.45, 2.75) is 59.9 Å². The Kier molecular flexibility index (Phi) is 8.61. The summed E-state index contributed by atoms with van der Waals surface area (Å²) in [5.41, 5.74) is 9.35. The Hall–Kier alpha value is -1.98. The fraction of sp³-hybridized carbons (Fsp3) is 0.560. The zero-order valence-electron chi connectivity index (χ0n) is 19.8. The van der Waals surface area contributed by atoms with Gasteiger partial charge < -0.3 is 20.4 Å². The van der Waals surface area contributed by atoms with Gasteiger partial charge in [-0.1, -0.05) is 61.3 Å². The van der Waals surface area contributed by atoms with E-state index in [4.69, 9.17) is 26.9 Å². The zero-order valence-corrected chi connectivity index (χ0v) is 20.6. The molecule has 31 heavy (non-hydrogen) atoms. The molecular formula is C25H37ClN2O3. The quantitative estimate of drug-likeness (QED) is 0.314. The van der Waals surface area contributed by atoms with E-state index >= 15 is 0 Å². The Balaban J connectivity index is 2.35. The number of hydrogen-bond donors (Lipinski definition) is 2. The van der Waals surface area contributed by atoms with Crippen molar-refractivity contribution in [2.24, 2.45) is 28.1 Å². The number of hydrogen-bond acceptors (Lipinski definition) is 5. The van der Waals surface area contributed by atoms with E-state index in [9.17, 15) is 5.11 Å². The number of oxime groups is 1. The van der Waals surface area contributed by atoms with Gasteiger partial charge in [0.1, 0.15) is 18.6 Å². The van der Waals surface area contributed by atoms with Crippen molar-refractivity contribution in [1.29, 1.82) is 0 Å². The fourth-order valence-electron chi connectivity index (χ4n) is 4.41. The minimum absolute atomic E-state index is 0.0591. The van der Waals surface area contributed by atoms with Gasteiger partial charge in [-0.3, -0.25) is 0 Å². The van der Waals surface area contributed by atoms with Gasteiger partial charge in [0.15, 0.2) is 0 Å². The number of rotatable bonds is 7. The maximum absolute atomic E-state index is 10.9. The molecule has 1 fully saturated rings. The number of phenolic OH excluding ortho intramolecular Hbond substituents is 1. The summed E-state index contributed by atoms with van der Waals surface area (Å²) < 4.78 is 5.51. The smallest absolute Gasteiger partial charge is 0.144 e. The van der Waals surface area contributed by atoms with E-state index in [1.807, 2.05) is 6.92 Å². The maximum atomic E-state index is 10.9. The van der Waals surface area contributed by atoms with E-state index in [0.29, 0.717) is 45.7 Å². The predicted molar refractivity (Wildman–Crippen MR) is 129 cm³/mol. The average Bonchev–Trinajstić information content (AvgIpc) is 2.75. The lowest BCUT2D eigenvalue weighted by molar-refractivity contribution is 0.0952. The first-order chi connectivity index (χ1) is 14.6. The first kappa shape index (κ1) is 25.3. The van der Waals surface area contributed by atoms with Gasteiger partial charge in [-0.25, -0.2) is 0 Å². The molecule has 0 amide bonds. The third-order valence-corrected chi connectivity index (χ3v) is 7.65. The molecule has 4 atom stereocenters. The van der Waals surface area contributed by atoms with Crippen LogP contribution in [0.15, 0.2) is 29.0 Å². The molecule has 0 radical (unpaired) electrons. The molecule has 1 aliphatic carbocycles. The third kappa shape index (κ3) is 5.27. The SMILES string of the molecule is CO/N=C/c1c(C)c(Cl)c(OC)c(C/C=C(C)/C=C/[C@@]2(C)[C@H](C)CC[C@H](N)[C@@H]2C)c1O. The summed E-state index contributed by atoms with van der Waals surface area (Å²) in [4.78, 5) is 4.77. The van der Waals surface area contributed by atoms with E-state index in [-0.39, 0.29) is 17.2 Å². The van der Waals surface area contributed by atoms with Crippen LogP contribution >= 0.6 is 11.6 Å². The molecule has 0 aliphatic heterocycles. The molecule has 0 saturated heterocycles. The van der Waals surface area contributed by atoms with Gasteiger partial charge in [0.05, 0.1) is 18.3 Å². The van der Waals surface area contributed by atoms with E-state index in [1.165, 1.54) is 13.3 Å². The third-order valence-electron chi connectivity index (χ3n) is 7.19. The molecule has 1 aliphatic rings. The molecule has 1 aromatic rings. The standard InChI is InChI=1S/C25H37ClN2O3/c1-15(12-13-25(5)16(2)9-11-21(27)18(25)4)8-10-19-23(29)20(14-28-31-7)17(3)22(26)24(19)30-6/h8,12-14,16,18,21,29H,9-11,27H2,1-7H3/b13-12+,15-8+,28-14+/t16-,18+,21+,25+/m1/s1. The van der Waals surface area contributed by atoms with Gasteiger partial charge in [-0.2, -0.15) is 0 Å². The highest BCUT2D eigenvalue weighted by Crippen LogP contribution is 2.46. The van der Waals surface area contributed by atoms with Gasteiger partial charge in [0.2, 0.25) is 0 Å². The van der Waals surface area contributed by atoms with Crippen LogP contribution in [0.4, 0.5) is 0 Å². The van der Waals surface area contributed by atoms with E-state index in [1.54, 1.807) is 7.11 Å². The van der Waals surface area contributed by atoms with Crippen LogP contribution in [0.1, 0.15) is 57.2 Å². The minimum atomic E-state index is 0.0591. The van der Waals surface area contributed by atoms with Crippen LogP contribution in [0.25, 0.3) is 0 Å². The van der Waals surface area contributed by atoms with Gasteiger partial charge >= 0.3 is 0 Å². The molecule has 172 valence electrons. The zero-order chi connectivity index (χ0) is 23.3. The van der Waals surface area contributed by atoms with E-state index in [0.717, 1.165) is 18.4 Å². The van der Waals surface area contributed by atoms with Gasteiger partial charge in [0, 0.05) is 17.2 Å². The number of benzene rings is 1. The number of allylic oxidation sites excluding steroid dienone is 4. The number of phenols is 1. The number of halogens is 1. The topological polar surface area (TPSA) is 77.1 Å². The predicted octanol–water partition coefficient (Wildman–Crippen LogP) is 5.79. The second-order valence-corrected chi connectivity index (χ2v) is 9.29. The Morgan fingerprint density at radius 1 is 1.32 bits per heavy atom. The maximum Gasteiger partial charge on any atom is 0.144 e.